The van der Waals surface area contributed by atoms with Crippen molar-refractivity contribution < 1.29 is 4.74 Å². The van der Waals surface area contributed by atoms with E-state index in [0.29, 0.717) is 0 Å². The van der Waals surface area contributed by atoms with Crippen LogP contribution in [0.15, 0.2) is 24.3 Å². The van der Waals surface area contributed by atoms with Gasteiger partial charge in [0, 0.05) is 9.58 Å². The fourth-order valence-corrected chi connectivity index (χ4v) is 3.72. The van der Waals surface area contributed by atoms with Gasteiger partial charge in [-0.15, -0.1) is 11.3 Å². The normalized spacial score (nSPS) is 24.4. The Labute approximate surface area is 106 Å². The van der Waals surface area contributed by atoms with Gasteiger partial charge in [0.15, 0.2) is 0 Å². The van der Waals surface area contributed by atoms with Crippen LogP contribution in [0.2, 0.25) is 0 Å². The smallest absolute Gasteiger partial charge is 0.119 e. The molecule has 90 valence electrons. The van der Waals surface area contributed by atoms with E-state index in [1.165, 1.54) is 27.8 Å². The molecule has 1 aromatic heterocycles. The van der Waals surface area contributed by atoms with Gasteiger partial charge in [-0.2, -0.15) is 0 Å². The van der Waals surface area contributed by atoms with Gasteiger partial charge in [-0.25, -0.2) is 0 Å². The summed E-state index contributed by atoms with van der Waals surface area (Å²) in [5.74, 6) is 0.936. The standard InChI is InChI=1S/C14H17NOS/c1-14(6-3-7-15-14)13-9-10-8-11(16-2)4-5-12(10)17-13/h4-5,8-9,15H,3,6-7H2,1-2H3. The monoisotopic (exact) mass is 247 g/mol. The summed E-state index contributed by atoms with van der Waals surface area (Å²) in [5.41, 5.74) is 0.178. The lowest BCUT2D eigenvalue weighted by molar-refractivity contribution is 0.415. The molecule has 0 saturated carbocycles. The number of nitrogens with one attached hydrogen (secondary N) is 1. The van der Waals surface area contributed by atoms with Gasteiger partial charge in [0.05, 0.1) is 12.6 Å². The first kappa shape index (κ1) is 11.1. The topological polar surface area (TPSA) is 21.3 Å². The van der Waals surface area contributed by atoms with E-state index in [1.807, 2.05) is 17.4 Å². The Morgan fingerprint density at radius 2 is 2.24 bits per heavy atom. The highest BCUT2D eigenvalue weighted by Gasteiger charge is 2.31. The summed E-state index contributed by atoms with van der Waals surface area (Å²) < 4.78 is 6.61. The molecule has 0 spiro atoms. The van der Waals surface area contributed by atoms with Crippen LogP contribution in [-0.2, 0) is 5.54 Å². The average molecular weight is 247 g/mol. The maximum absolute atomic E-state index is 5.27. The summed E-state index contributed by atoms with van der Waals surface area (Å²) in [4.78, 5) is 1.44. The Bertz CT molecular complexity index is 540. The van der Waals surface area contributed by atoms with Crippen LogP contribution in [0, 0.1) is 0 Å². The molecule has 17 heavy (non-hydrogen) atoms. The first-order chi connectivity index (χ1) is 8.21. The summed E-state index contributed by atoms with van der Waals surface area (Å²) in [6.07, 6.45) is 2.50. The van der Waals surface area contributed by atoms with Gasteiger partial charge in [-0.1, -0.05) is 0 Å². The highest BCUT2D eigenvalue weighted by Crippen LogP contribution is 2.38. The van der Waals surface area contributed by atoms with E-state index in [-0.39, 0.29) is 5.54 Å². The van der Waals surface area contributed by atoms with Gasteiger partial charge in [0.25, 0.3) is 0 Å². The third kappa shape index (κ3) is 1.83. The van der Waals surface area contributed by atoms with Crippen molar-refractivity contribution in [2.24, 2.45) is 0 Å². The molecule has 1 aliphatic rings. The zero-order chi connectivity index (χ0) is 11.9. The van der Waals surface area contributed by atoms with Gasteiger partial charge in [0.2, 0.25) is 0 Å². The second kappa shape index (κ2) is 4.00. The van der Waals surface area contributed by atoms with Crippen molar-refractivity contribution in [1.29, 1.82) is 0 Å². The van der Waals surface area contributed by atoms with Crippen molar-refractivity contribution in [3.8, 4) is 5.75 Å². The molecule has 3 heteroatoms. The number of rotatable bonds is 2. The van der Waals surface area contributed by atoms with Gasteiger partial charge in [0.1, 0.15) is 5.75 Å². The molecule has 1 atom stereocenters. The Hall–Kier alpha value is -1.06. The van der Waals surface area contributed by atoms with E-state index in [9.17, 15) is 0 Å². The number of benzene rings is 1. The van der Waals surface area contributed by atoms with Crippen molar-refractivity contribution >= 4 is 21.4 Å². The molecule has 1 aromatic carbocycles. The molecular formula is C14H17NOS. The Kier molecular flexibility index (Phi) is 2.60. The third-order valence-electron chi connectivity index (χ3n) is 3.64. The Morgan fingerprint density at radius 1 is 1.35 bits per heavy atom. The molecule has 1 fully saturated rings. The second-order valence-electron chi connectivity index (χ2n) is 4.88. The molecule has 1 saturated heterocycles. The van der Waals surface area contributed by atoms with Gasteiger partial charge in [-0.05, 0) is 56.0 Å². The van der Waals surface area contributed by atoms with Crippen molar-refractivity contribution in [1.82, 2.24) is 5.32 Å². The van der Waals surface area contributed by atoms with Crippen LogP contribution >= 0.6 is 11.3 Å². The van der Waals surface area contributed by atoms with Gasteiger partial charge >= 0.3 is 0 Å². The quantitative estimate of drug-likeness (QED) is 0.877. The predicted molar refractivity (Wildman–Crippen MR) is 73.0 cm³/mol. The highest BCUT2D eigenvalue weighted by molar-refractivity contribution is 7.19. The summed E-state index contributed by atoms with van der Waals surface area (Å²) in [6, 6.07) is 8.61. The van der Waals surface area contributed by atoms with Gasteiger partial charge < -0.3 is 10.1 Å². The minimum atomic E-state index is 0.178. The number of methoxy groups -OCH3 is 1. The SMILES string of the molecule is COc1ccc2sc(C3(C)CCCN3)cc2c1. The van der Waals surface area contributed by atoms with Crippen LogP contribution in [0.4, 0.5) is 0 Å². The fraction of sp³-hybridized carbons (Fsp3) is 0.429. The summed E-state index contributed by atoms with van der Waals surface area (Å²) in [5, 5.41) is 4.91. The predicted octanol–water partition coefficient (Wildman–Crippen LogP) is 3.51. The van der Waals surface area contributed by atoms with Crippen LogP contribution in [-0.4, -0.2) is 13.7 Å². The largest absolute Gasteiger partial charge is 0.497 e. The molecule has 3 rings (SSSR count). The first-order valence-electron chi connectivity index (χ1n) is 6.04. The Morgan fingerprint density at radius 3 is 2.94 bits per heavy atom. The number of thiophene rings is 1. The van der Waals surface area contributed by atoms with Crippen LogP contribution in [0.1, 0.15) is 24.6 Å². The number of ether oxygens (including phenoxy) is 1. The van der Waals surface area contributed by atoms with Gasteiger partial charge in [-0.3, -0.25) is 0 Å². The highest BCUT2D eigenvalue weighted by atomic mass is 32.1. The van der Waals surface area contributed by atoms with E-state index in [2.05, 4.69) is 30.4 Å². The average Bonchev–Trinajstić information content (AvgIpc) is 2.94. The molecule has 0 radical (unpaired) electrons. The maximum Gasteiger partial charge on any atom is 0.119 e. The molecule has 1 unspecified atom stereocenters. The minimum absolute atomic E-state index is 0.178. The fourth-order valence-electron chi connectivity index (χ4n) is 2.53. The number of fused-ring (bicyclic) bond motifs is 1. The molecule has 1 aliphatic heterocycles. The summed E-state index contributed by atoms with van der Waals surface area (Å²) in [6.45, 7) is 3.44. The van der Waals surface area contributed by atoms with Crippen molar-refractivity contribution in [2.45, 2.75) is 25.3 Å². The molecule has 2 aromatic rings. The van der Waals surface area contributed by atoms with E-state index in [4.69, 9.17) is 4.74 Å². The molecule has 0 aliphatic carbocycles. The van der Waals surface area contributed by atoms with Crippen molar-refractivity contribution in [3.63, 3.8) is 0 Å². The lowest BCUT2D eigenvalue weighted by Gasteiger charge is -2.22. The van der Waals surface area contributed by atoms with Crippen molar-refractivity contribution in [3.05, 3.63) is 29.1 Å². The maximum atomic E-state index is 5.27. The molecule has 2 nitrogen and oxygen atoms in total. The zero-order valence-corrected chi connectivity index (χ0v) is 11.1. The minimum Gasteiger partial charge on any atom is -0.497 e. The lowest BCUT2D eigenvalue weighted by atomic mass is 9.98. The van der Waals surface area contributed by atoms with Crippen molar-refractivity contribution in [2.75, 3.05) is 13.7 Å². The summed E-state index contributed by atoms with van der Waals surface area (Å²) in [7, 11) is 1.72. The molecule has 2 heterocycles. The van der Waals surface area contributed by atoms with E-state index < -0.39 is 0 Å². The van der Waals surface area contributed by atoms with E-state index in [0.717, 1.165) is 12.3 Å². The zero-order valence-electron chi connectivity index (χ0n) is 10.2. The lowest BCUT2D eigenvalue weighted by Crippen LogP contribution is -2.31. The molecular weight excluding hydrogens is 230 g/mol. The molecule has 1 N–H and O–H groups in total. The molecule has 0 bridgehead atoms. The Balaban J connectivity index is 2.07. The van der Waals surface area contributed by atoms with Crippen LogP contribution in [0.5, 0.6) is 5.75 Å². The van der Waals surface area contributed by atoms with E-state index in [1.54, 1.807) is 7.11 Å². The van der Waals surface area contributed by atoms with Crippen LogP contribution in [0.25, 0.3) is 10.1 Å². The first-order valence-corrected chi connectivity index (χ1v) is 6.86. The van der Waals surface area contributed by atoms with E-state index >= 15 is 0 Å². The third-order valence-corrected chi connectivity index (χ3v) is 5.02. The molecule has 0 amide bonds. The second-order valence-corrected chi connectivity index (χ2v) is 5.96. The summed E-state index contributed by atoms with van der Waals surface area (Å²) >= 11 is 1.89. The number of hydrogen-bond donors (Lipinski definition) is 1. The van der Waals surface area contributed by atoms with Crippen LogP contribution in [0.3, 0.4) is 0 Å². The van der Waals surface area contributed by atoms with Crippen LogP contribution < -0.4 is 10.1 Å². The number of hydrogen-bond acceptors (Lipinski definition) is 3.